The van der Waals surface area contributed by atoms with Crippen LogP contribution in [0.25, 0.3) is 0 Å². The van der Waals surface area contributed by atoms with Crippen molar-refractivity contribution in [3.05, 3.63) is 29.8 Å². The van der Waals surface area contributed by atoms with Gasteiger partial charge in [0.15, 0.2) is 0 Å². The summed E-state index contributed by atoms with van der Waals surface area (Å²) < 4.78 is 34.4. The molecular weight excluding hydrogens is 366 g/mol. The van der Waals surface area contributed by atoms with Gasteiger partial charge in [-0.1, -0.05) is 38.5 Å². The van der Waals surface area contributed by atoms with Crippen LogP contribution >= 0.6 is 0 Å². The van der Waals surface area contributed by atoms with E-state index in [1.54, 1.807) is 24.3 Å². The molecule has 2 aliphatic carbocycles. The molecule has 0 amide bonds. The van der Waals surface area contributed by atoms with E-state index >= 15 is 0 Å². The van der Waals surface area contributed by atoms with E-state index in [0.29, 0.717) is 0 Å². The van der Waals surface area contributed by atoms with Crippen molar-refractivity contribution in [3.63, 3.8) is 0 Å². The zero-order valence-corrected chi connectivity index (χ0v) is 17.3. The van der Waals surface area contributed by atoms with Crippen molar-refractivity contribution in [1.29, 1.82) is 0 Å². The molecule has 0 heterocycles. The van der Waals surface area contributed by atoms with Crippen LogP contribution in [0, 0.1) is 23.7 Å². The van der Waals surface area contributed by atoms with Gasteiger partial charge in [-0.3, -0.25) is 0 Å². The number of rotatable bonds is 5. The van der Waals surface area contributed by atoms with E-state index in [-0.39, 0.29) is 21.6 Å². The van der Waals surface area contributed by atoms with Crippen LogP contribution < -0.4 is 4.72 Å². The number of esters is 1. The summed E-state index contributed by atoms with van der Waals surface area (Å²) >= 11 is 0. The molecule has 1 aromatic carbocycles. The molecule has 2 fully saturated rings. The third kappa shape index (κ3) is 3.19. The Hall–Kier alpha value is -1.44. The number of fused-ring (bicyclic) bond motifs is 2. The van der Waals surface area contributed by atoms with Gasteiger partial charge in [-0.05, 0) is 50.2 Å². The predicted octanol–water partition coefficient (Wildman–Crippen LogP) is 2.39. The molecule has 150 valence electrons. The molecule has 2 bridgehead atoms. The number of ether oxygens (including phenoxy) is 1. The van der Waals surface area contributed by atoms with E-state index in [1.165, 1.54) is 6.92 Å². The van der Waals surface area contributed by atoms with Crippen molar-refractivity contribution in [1.82, 2.24) is 4.72 Å². The first-order chi connectivity index (χ1) is 12.4. The second-order valence-corrected chi connectivity index (χ2v) is 10.5. The van der Waals surface area contributed by atoms with Crippen molar-refractivity contribution >= 4 is 16.0 Å². The Morgan fingerprint density at radius 3 is 2.41 bits per heavy atom. The van der Waals surface area contributed by atoms with Gasteiger partial charge in [0.25, 0.3) is 0 Å². The topological polar surface area (TPSA) is 92.7 Å². The highest BCUT2D eigenvalue weighted by Gasteiger charge is 2.68. The number of benzene rings is 1. The molecule has 7 heteroatoms. The second-order valence-electron chi connectivity index (χ2n) is 8.78. The molecule has 0 saturated heterocycles. The number of carbonyl (C=O) groups is 1. The van der Waals surface area contributed by atoms with Crippen molar-refractivity contribution < 1.29 is 23.1 Å². The van der Waals surface area contributed by atoms with Crippen molar-refractivity contribution in [3.8, 4) is 0 Å². The molecule has 2 saturated carbocycles. The zero-order chi connectivity index (χ0) is 20.2. The third-order valence-corrected chi connectivity index (χ3v) is 8.44. The minimum Gasteiger partial charge on any atom is -0.458 e. The molecule has 1 aromatic rings. The summed E-state index contributed by atoms with van der Waals surface area (Å²) in [7, 11) is -3.75. The standard InChI is InChI=1S/C20H29NO5S/c1-12-6-8-14(9-7-12)27(24,25)21-16-15-10-11-20(5,19(15,3)4)17(16)26-18(23)13(2)22/h6-9,13,15-17,21-22H,10-11H2,1-5H3/t13-,15+,16+,17+,20-/m0/s1. The fourth-order valence-corrected chi connectivity index (χ4v) is 6.12. The quantitative estimate of drug-likeness (QED) is 0.747. The largest absolute Gasteiger partial charge is 0.458 e. The molecule has 0 radical (unpaired) electrons. The Morgan fingerprint density at radius 1 is 1.26 bits per heavy atom. The fourth-order valence-electron chi connectivity index (χ4n) is 4.84. The van der Waals surface area contributed by atoms with Gasteiger partial charge in [-0.2, -0.15) is 0 Å². The van der Waals surface area contributed by atoms with Crippen LogP contribution in [0.15, 0.2) is 29.2 Å². The highest BCUT2D eigenvalue weighted by atomic mass is 32.2. The van der Waals surface area contributed by atoms with Crippen LogP contribution in [0.1, 0.15) is 46.1 Å². The summed E-state index contributed by atoms with van der Waals surface area (Å²) in [5.41, 5.74) is 0.422. The van der Waals surface area contributed by atoms with Gasteiger partial charge in [0.05, 0.1) is 10.9 Å². The van der Waals surface area contributed by atoms with Crippen molar-refractivity contribution in [2.75, 3.05) is 0 Å². The molecule has 0 spiro atoms. The van der Waals surface area contributed by atoms with Gasteiger partial charge in [0.2, 0.25) is 10.0 Å². The minimum absolute atomic E-state index is 0.0505. The maximum absolute atomic E-state index is 13.0. The lowest BCUT2D eigenvalue weighted by Crippen LogP contribution is -2.51. The summed E-state index contributed by atoms with van der Waals surface area (Å²) in [4.78, 5) is 12.3. The van der Waals surface area contributed by atoms with Crippen LogP contribution in [0.4, 0.5) is 0 Å². The van der Waals surface area contributed by atoms with Gasteiger partial charge >= 0.3 is 5.97 Å². The van der Waals surface area contributed by atoms with Crippen molar-refractivity contribution in [2.24, 2.45) is 16.7 Å². The maximum atomic E-state index is 13.0. The van der Waals surface area contributed by atoms with Crippen molar-refractivity contribution in [2.45, 2.75) is 70.6 Å². The summed E-state index contributed by atoms with van der Waals surface area (Å²) in [5.74, 6) is -0.668. The molecular formula is C20H29NO5S. The zero-order valence-electron chi connectivity index (χ0n) is 16.5. The number of sulfonamides is 1. The fraction of sp³-hybridized carbons (Fsp3) is 0.650. The number of aryl methyl sites for hydroxylation is 1. The smallest absolute Gasteiger partial charge is 0.335 e. The molecule has 0 aromatic heterocycles. The summed E-state index contributed by atoms with van der Waals surface area (Å²) in [6.45, 7) is 9.51. The lowest BCUT2D eigenvalue weighted by atomic mass is 9.70. The number of aliphatic hydroxyl groups excluding tert-OH is 1. The van der Waals surface area contributed by atoms with E-state index in [4.69, 9.17) is 4.74 Å². The van der Waals surface area contributed by atoms with E-state index in [9.17, 15) is 18.3 Å². The van der Waals surface area contributed by atoms with Crippen LogP contribution in [0.5, 0.6) is 0 Å². The number of aliphatic hydroxyl groups is 1. The Labute approximate surface area is 161 Å². The predicted molar refractivity (Wildman–Crippen MR) is 101 cm³/mol. The molecule has 5 atom stereocenters. The number of hydrogen-bond acceptors (Lipinski definition) is 5. The number of nitrogens with one attached hydrogen (secondary N) is 1. The molecule has 2 N–H and O–H groups in total. The van der Waals surface area contributed by atoms with E-state index in [2.05, 4.69) is 18.6 Å². The Bertz CT molecular complexity index is 830. The number of hydrogen-bond donors (Lipinski definition) is 2. The van der Waals surface area contributed by atoms with E-state index in [0.717, 1.165) is 18.4 Å². The first-order valence-corrected chi connectivity index (χ1v) is 10.9. The minimum atomic E-state index is -3.75. The Balaban J connectivity index is 1.94. The monoisotopic (exact) mass is 395 g/mol. The Morgan fingerprint density at radius 2 is 1.85 bits per heavy atom. The van der Waals surface area contributed by atoms with E-state index in [1.807, 2.05) is 13.8 Å². The lowest BCUT2D eigenvalue weighted by Gasteiger charge is -2.39. The van der Waals surface area contributed by atoms with Gasteiger partial charge in [0.1, 0.15) is 12.2 Å². The van der Waals surface area contributed by atoms with Crippen LogP contribution in [0.3, 0.4) is 0 Å². The first kappa shape index (κ1) is 20.3. The summed E-state index contributed by atoms with van der Waals surface area (Å²) in [5, 5.41) is 9.58. The lowest BCUT2D eigenvalue weighted by molar-refractivity contribution is -0.167. The average molecular weight is 396 g/mol. The van der Waals surface area contributed by atoms with Crippen LogP contribution in [-0.4, -0.2) is 37.7 Å². The molecule has 2 aliphatic rings. The highest BCUT2D eigenvalue weighted by Crippen LogP contribution is 2.66. The summed E-state index contributed by atoms with van der Waals surface area (Å²) in [6.07, 6.45) is -0.142. The van der Waals surface area contributed by atoms with Crippen LogP contribution in [0.2, 0.25) is 0 Å². The molecule has 0 unspecified atom stereocenters. The van der Waals surface area contributed by atoms with E-state index < -0.39 is 34.2 Å². The molecule has 27 heavy (non-hydrogen) atoms. The van der Waals surface area contributed by atoms with Gasteiger partial charge in [-0.15, -0.1) is 0 Å². The maximum Gasteiger partial charge on any atom is 0.335 e. The molecule has 3 rings (SSSR count). The van der Waals surface area contributed by atoms with Crippen LogP contribution in [-0.2, 0) is 19.6 Å². The molecule has 6 nitrogen and oxygen atoms in total. The van der Waals surface area contributed by atoms with Gasteiger partial charge in [0, 0.05) is 5.41 Å². The Kier molecular flexibility index (Phi) is 4.94. The average Bonchev–Trinajstić information content (AvgIpc) is 2.88. The first-order valence-electron chi connectivity index (χ1n) is 9.38. The number of carbonyl (C=O) groups excluding carboxylic acids is 1. The second kappa shape index (κ2) is 6.57. The molecule has 0 aliphatic heterocycles. The normalized spacial score (nSPS) is 33.0. The summed E-state index contributed by atoms with van der Waals surface area (Å²) in [6, 6.07) is 6.15. The van der Waals surface area contributed by atoms with Gasteiger partial charge in [-0.25, -0.2) is 17.9 Å². The highest BCUT2D eigenvalue weighted by molar-refractivity contribution is 7.89. The van der Waals surface area contributed by atoms with Gasteiger partial charge < -0.3 is 9.84 Å². The third-order valence-electron chi connectivity index (χ3n) is 6.97. The SMILES string of the molecule is Cc1ccc(S(=O)(=O)N[C@@H]2[C@H]3CC[C@@](C)([C@@H]2OC(=O)[C@H](C)O)C3(C)C)cc1.